The molecular weight excluding hydrogens is 170 g/mol. The van der Waals surface area contributed by atoms with E-state index in [0.29, 0.717) is 5.92 Å². The molecule has 14 heavy (non-hydrogen) atoms. The van der Waals surface area contributed by atoms with Gasteiger partial charge in [0.25, 0.3) is 0 Å². The van der Waals surface area contributed by atoms with E-state index in [1.165, 1.54) is 31.5 Å². The second kappa shape index (κ2) is 4.61. The highest BCUT2D eigenvalue weighted by Crippen LogP contribution is 2.28. The summed E-state index contributed by atoms with van der Waals surface area (Å²) < 4.78 is 0. The molecular formula is C13H19N. The van der Waals surface area contributed by atoms with Gasteiger partial charge in [-0.05, 0) is 43.3 Å². The van der Waals surface area contributed by atoms with Crippen molar-refractivity contribution >= 4 is 0 Å². The van der Waals surface area contributed by atoms with Crippen molar-refractivity contribution in [3.8, 4) is 0 Å². The van der Waals surface area contributed by atoms with Crippen molar-refractivity contribution in [3.63, 3.8) is 0 Å². The monoisotopic (exact) mass is 189 g/mol. The molecule has 1 N–H and O–H groups in total. The maximum absolute atomic E-state index is 3.49. The summed E-state index contributed by atoms with van der Waals surface area (Å²) >= 11 is 0. The predicted molar refractivity (Wildman–Crippen MR) is 60.5 cm³/mol. The third-order valence-electron chi connectivity index (χ3n) is 3.37. The Bertz CT molecular complexity index is 262. The van der Waals surface area contributed by atoms with Crippen LogP contribution in [0.15, 0.2) is 30.3 Å². The Kier molecular flexibility index (Phi) is 3.20. The van der Waals surface area contributed by atoms with Crippen LogP contribution in [0.4, 0.5) is 0 Å². The standard InChI is InChI=1S/C13H19N/c1-11(12-6-3-2-4-7-12)13-8-5-9-14-10-13/h2-4,6-7,11,13-14H,5,8-10H2,1H3/t11-,13+/m0/s1. The van der Waals surface area contributed by atoms with Gasteiger partial charge in [-0.15, -0.1) is 0 Å². The highest BCUT2D eigenvalue weighted by atomic mass is 14.9. The summed E-state index contributed by atoms with van der Waals surface area (Å²) in [6.45, 7) is 4.75. The first-order valence-electron chi connectivity index (χ1n) is 5.63. The van der Waals surface area contributed by atoms with Crippen LogP contribution in [0.5, 0.6) is 0 Å². The minimum atomic E-state index is 0.698. The van der Waals surface area contributed by atoms with E-state index in [2.05, 4.69) is 42.6 Å². The van der Waals surface area contributed by atoms with Gasteiger partial charge in [0.15, 0.2) is 0 Å². The SMILES string of the molecule is C[C@@H](c1ccccc1)[C@@H]1CCCNC1. The molecule has 0 unspecified atom stereocenters. The zero-order chi connectivity index (χ0) is 9.80. The molecule has 0 saturated carbocycles. The maximum atomic E-state index is 3.49. The van der Waals surface area contributed by atoms with Crippen LogP contribution in [-0.2, 0) is 0 Å². The van der Waals surface area contributed by atoms with Crippen molar-refractivity contribution in [1.82, 2.24) is 5.32 Å². The molecule has 0 radical (unpaired) electrons. The first-order chi connectivity index (χ1) is 6.88. The Balaban J connectivity index is 2.03. The highest BCUT2D eigenvalue weighted by Gasteiger charge is 2.20. The molecule has 76 valence electrons. The summed E-state index contributed by atoms with van der Waals surface area (Å²) in [6.07, 6.45) is 2.71. The lowest BCUT2D eigenvalue weighted by Gasteiger charge is -2.28. The van der Waals surface area contributed by atoms with Crippen LogP contribution in [0.1, 0.15) is 31.2 Å². The largest absolute Gasteiger partial charge is 0.316 e. The van der Waals surface area contributed by atoms with Crippen molar-refractivity contribution < 1.29 is 0 Å². The average Bonchev–Trinajstić information content (AvgIpc) is 2.30. The fourth-order valence-corrected chi connectivity index (χ4v) is 2.33. The van der Waals surface area contributed by atoms with Crippen molar-refractivity contribution in [1.29, 1.82) is 0 Å². The fourth-order valence-electron chi connectivity index (χ4n) is 2.33. The van der Waals surface area contributed by atoms with Crippen LogP contribution in [0.3, 0.4) is 0 Å². The van der Waals surface area contributed by atoms with Crippen molar-refractivity contribution in [3.05, 3.63) is 35.9 Å². The first kappa shape index (κ1) is 9.72. The molecule has 1 aliphatic rings. The maximum Gasteiger partial charge on any atom is -0.00148 e. The van der Waals surface area contributed by atoms with Gasteiger partial charge in [0.1, 0.15) is 0 Å². The van der Waals surface area contributed by atoms with Gasteiger partial charge >= 0.3 is 0 Å². The zero-order valence-electron chi connectivity index (χ0n) is 8.87. The van der Waals surface area contributed by atoms with Crippen LogP contribution in [-0.4, -0.2) is 13.1 Å². The van der Waals surface area contributed by atoms with E-state index >= 15 is 0 Å². The molecule has 1 heterocycles. The molecule has 0 aliphatic carbocycles. The summed E-state index contributed by atoms with van der Waals surface area (Å²) in [5, 5.41) is 3.49. The molecule has 1 heteroatoms. The molecule has 1 aliphatic heterocycles. The second-order valence-corrected chi connectivity index (χ2v) is 4.31. The topological polar surface area (TPSA) is 12.0 Å². The van der Waals surface area contributed by atoms with Crippen molar-refractivity contribution in [2.24, 2.45) is 5.92 Å². The van der Waals surface area contributed by atoms with Gasteiger partial charge in [-0.1, -0.05) is 37.3 Å². The molecule has 1 aromatic rings. The van der Waals surface area contributed by atoms with E-state index in [1.807, 2.05) is 0 Å². The van der Waals surface area contributed by atoms with Crippen molar-refractivity contribution in [2.75, 3.05) is 13.1 Å². The lowest BCUT2D eigenvalue weighted by atomic mass is 9.83. The molecule has 0 amide bonds. The quantitative estimate of drug-likeness (QED) is 0.754. The van der Waals surface area contributed by atoms with Gasteiger partial charge in [-0.2, -0.15) is 0 Å². The molecule has 1 saturated heterocycles. The van der Waals surface area contributed by atoms with Gasteiger partial charge in [-0.25, -0.2) is 0 Å². The Morgan fingerprint density at radius 1 is 1.29 bits per heavy atom. The normalized spacial score (nSPS) is 24.5. The number of hydrogen-bond acceptors (Lipinski definition) is 1. The summed E-state index contributed by atoms with van der Waals surface area (Å²) in [6, 6.07) is 10.9. The van der Waals surface area contributed by atoms with E-state index < -0.39 is 0 Å². The second-order valence-electron chi connectivity index (χ2n) is 4.31. The van der Waals surface area contributed by atoms with Gasteiger partial charge in [-0.3, -0.25) is 0 Å². The highest BCUT2D eigenvalue weighted by molar-refractivity contribution is 5.19. The van der Waals surface area contributed by atoms with E-state index in [-0.39, 0.29) is 0 Å². The van der Waals surface area contributed by atoms with Gasteiger partial charge < -0.3 is 5.32 Å². The van der Waals surface area contributed by atoms with Crippen LogP contribution in [0.2, 0.25) is 0 Å². The van der Waals surface area contributed by atoms with Gasteiger partial charge in [0.2, 0.25) is 0 Å². The molecule has 0 spiro atoms. The summed E-state index contributed by atoms with van der Waals surface area (Å²) in [5.74, 6) is 1.52. The molecule has 0 aromatic heterocycles. The third-order valence-corrected chi connectivity index (χ3v) is 3.37. The van der Waals surface area contributed by atoms with E-state index in [9.17, 15) is 0 Å². The summed E-state index contributed by atoms with van der Waals surface area (Å²) in [4.78, 5) is 0. The number of rotatable bonds is 2. The molecule has 2 atom stereocenters. The molecule has 1 aromatic carbocycles. The molecule has 1 fully saturated rings. The third kappa shape index (κ3) is 2.16. The average molecular weight is 189 g/mol. The number of nitrogens with one attached hydrogen (secondary N) is 1. The van der Waals surface area contributed by atoms with Crippen LogP contribution < -0.4 is 5.32 Å². The van der Waals surface area contributed by atoms with Crippen LogP contribution >= 0.6 is 0 Å². The Labute approximate surface area is 86.5 Å². The number of piperidine rings is 1. The van der Waals surface area contributed by atoms with E-state index in [1.54, 1.807) is 0 Å². The Morgan fingerprint density at radius 3 is 2.71 bits per heavy atom. The Morgan fingerprint density at radius 2 is 2.07 bits per heavy atom. The summed E-state index contributed by atoms with van der Waals surface area (Å²) in [5.41, 5.74) is 1.49. The molecule has 2 rings (SSSR count). The smallest absolute Gasteiger partial charge is 0.00148 e. The lowest BCUT2D eigenvalue weighted by Crippen LogP contribution is -2.32. The first-order valence-corrected chi connectivity index (χ1v) is 5.63. The minimum Gasteiger partial charge on any atom is -0.316 e. The predicted octanol–water partition coefficient (Wildman–Crippen LogP) is 2.79. The Hall–Kier alpha value is -0.820. The fraction of sp³-hybridized carbons (Fsp3) is 0.538. The van der Waals surface area contributed by atoms with Gasteiger partial charge in [0.05, 0.1) is 0 Å². The van der Waals surface area contributed by atoms with Crippen LogP contribution in [0.25, 0.3) is 0 Å². The summed E-state index contributed by atoms with van der Waals surface area (Å²) in [7, 11) is 0. The van der Waals surface area contributed by atoms with Crippen LogP contribution in [0, 0.1) is 5.92 Å². The minimum absolute atomic E-state index is 0.698. The van der Waals surface area contributed by atoms with Gasteiger partial charge in [0, 0.05) is 0 Å². The molecule has 1 nitrogen and oxygen atoms in total. The number of benzene rings is 1. The lowest BCUT2D eigenvalue weighted by molar-refractivity contribution is 0.334. The van der Waals surface area contributed by atoms with E-state index in [0.717, 1.165) is 5.92 Å². The zero-order valence-corrected chi connectivity index (χ0v) is 8.87. The molecule has 0 bridgehead atoms. The van der Waals surface area contributed by atoms with E-state index in [4.69, 9.17) is 0 Å². The van der Waals surface area contributed by atoms with Crippen molar-refractivity contribution in [2.45, 2.75) is 25.7 Å². The number of hydrogen-bond donors (Lipinski definition) is 1.